The maximum Gasteiger partial charge on any atom is 0.268 e. The number of imidazole rings is 1. The number of carbonyl (C=O) groups excluding carboxylic acids is 3. The van der Waals surface area contributed by atoms with Gasteiger partial charge in [0.15, 0.2) is 17.4 Å². The fourth-order valence-electron chi connectivity index (χ4n) is 4.88. The average Bonchev–Trinajstić information content (AvgIpc) is 3.78. The molecule has 1 fully saturated rings. The van der Waals surface area contributed by atoms with E-state index in [1.165, 1.54) is 11.3 Å². The molecule has 11 nitrogen and oxygen atoms in total. The molecule has 0 spiro atoms. The molecule has 220 valence electrons. The molecule has 2 amide bonds. The van der Waals surface area contributed by atoms with Gasteiger partial charge in [-0.1, -0.05) is 30.3 Å². The van der Waals surface area contributed by atoms with Crippen molar-refractivity contribution in [3.63, 3.8) is 0 Å². The van der Waals surface area contributed by atoms with Crippen LogP contribution in [0, 0.1) is 6.92 Å². The first-order valence-corrected chi connectivity index (χ1v) is 14.8. The number of nitrogens with zero attached hydrogens (tertiary/aromatic N) is 4. The third-order valence-electron chi connectivity index (χ3n) is 7.13. The van der Waals surface area contributed by atoms with Crippen LogP contribution >= 0.6 is 11.3 Å². The number of benzene rings is 2. The second-order valence-corrected chi connectivity index (χ2v) is 11.1. The smallest absolute Gasteiger partial charge is 0.268 e. The lowest BCUT2D eigenvalue weighted by Gasteiger charge is -2.27. The molecule has 12 heteroatoms. The summed E-state index contributed by atoms with van der Waals surface area (Å²) in [5, 5.41) is 6.11. The van der Waals surface area contributed by atoms with Gasteiger partial charge in [0.25, 0.3) is 5.91 Å². The lowest BCUT2D eigenvalue weighted by molar-refractivity contribution is -0.135. The number of aromatic nitrogens is 3. The standard InChI is InChI=1S/C31H30N6O5S/c1-20-32-19-26(42-20)27-9-10-28(43-27)30(40)35-31-34-23-17-22(33-18-25(38)21-5-3-2-4-6-21)7-8-24(23)37(31)12-11-29(39)36-13-15-41-16-14-36/h2-10,17,19,33H,11-16,18H2,1H3,(H,34,35,40). The molecule has 43 heavy (non-hydrogen) atoms. The van der Waals surface area contributed by atoms with E-state index in [1.54, 1.807) is 36.2 Å². The van der Waals surface area contributed by atoms with Gasteiger partial charge in [-0.25, -0.2) is 9.97 Å². The number of rotatable bonds is 10. The maximum atomic E-state index is 13.3. The van der Waals surface area contributed by atoms with E-state index in [-0.39, 0.29) is 30.6 Å². The van der Waals surface area contributed by atoms with Crippen LogP contribution in [0.25, 0.3) is 21.7 Å². The van der Waals surface area contributed by atoms with E-state index < -0.39 is 0 Å². The summed E-state index contributed by atoms with van der Waals surface area (Å²) in [5.41, 5.74) is 2.73. The Balaban J connectivity index is 1.23. The van der Waals surface area contributed by atoms with Crippen LogP contribution in [-0.2, 0) is 16.1 Å². The van der Waals surface area contributed by atoms with E-state index in [1.807, 2.05) is 47.0 Å². The Labute approximate surface area is 251 Å². The molecule has 0 saturated carbocycles. The molecule has 0 radical (unpaired) electrons. The third kappa shape index (κ3) is 6.50. The number of nitrogens with one attached hydrogen (secondary N) is 2. The molecular formula is C31H30N6O5S. The van der Waals surface area contributed by atoms with Crippen LogP contribution in [0.15, 0.2) is 71.3 Å². The third-order valence-corrected chi connectivity index (χ3v) is 8.23. The van der Waals surface area contributed by atoms with Crippen LogP contribution in [0.3, 0.4) is 0 Å². The predicted molar refractivity (Wildman–Crippen MR) is 164 cm³/mol. The number of amides is 2. The van der Waals surface area contributed by atoms with Crippen molar-refractivity contribution in [2.45, 2.75) is 19.9 Å². The first kappa shape index (κ1) is 28.3. The largest absolute Gasteiger partial charge is 0.440 e. The number of anilines is 2. The molecule has 0 unspecified atom stereocenters. The number of thiophene rings is 1. The van der Waals surface area contributed by atoms with Crippen LogP contribution in [0.2, 0.25) is 0 Å². The Morgan fingerprint density at radius 1 is 1.02 bits per heavy atom. The first-order chi connectivity index (χ1) is 20.9. The molecule has 6 rings (SSSR count). The fraction of sp³-hybridized carbons (Fsp3) is 0.258. The quantitative estimate of drug-likeness (QED) is 0.218. The molecule has 1 aliphatic heterocycles. The van der Waals surface area contributed by atoms with Gasteiger partial charge in [0.1, 0.15) is 0 Å². The summed E-state index contributed by atoms with van der Waals surface area (Å²) in [6.07, 6.45) is 1.88. The molecular weight excluding hydrogens is 568 g/mol. The SMILES string of the molecule is Cc1ncc(-c2ccc(C(=O)Nc3nc4cc(NCC(=O)c5ccccc5)ccc4n3CCC(=O)N3CCOCC3)s2)o1. The van der Waals surface area contributed by atoms with Crippen molar-refractivity contribution in [2.24, 2.45) is 0 Å². The minimum Gasteiger partial charge on any atom is -0.440 e. The zero-order valence-corrected chi connectivity index (χ0v) is 24.4. The number of ketones is 1. The topological polar surface area (TPSA) is 132 Å². The van der Waals surface area contributed by atoms with Crippen molar-refractivity contribution >= 4 is 51.6 Å². The highest BCUT2D eigenvalue weighted by molar-refractivity contribution is 7.17. The predicted octanol–water partition coefficient (Wildman–Crippen LogP) is 4.86. The summed E-state index contributed by atoms with van der Waals surface area (Å²) >= 11 is 1.29. The van der Waals surface area contributed by atoms with Crippen LogP contribution in [0.5, 0.6) is 0 Å². The fourth-order valence-corrected chi connectivity index (χ4v) is 5.73. The molecule has 0 aliphatic carbocycles. The summed E-state index contributed by atoms with van der Waals surface area (Å²) in [4.78, 5) is 50.8. The number of oxazole rings is 1. The second-order valence-electron chi connectivity index (χ2n) is 10.0. The van der Waals surface area contributed by atoms with Gasteiger partial charge in [0, 0.05) is 44.2 Å². The highest BCUT2D eigenvalue weighted by Crippen LogP contribution is 2.30. The van der Waals surface area contributed by atoms with E-state index in [4.69, 9.17) is 14.1 Å². The van der Waals surface area contributed by atoms with Gasteiger partial charge in [-0.2, -0.15) is 0 Å². The normalized spacial score (nSPS) is 13.3. The zero-order valence-electron chi connectivity index (χ0n) is 23.5. The number of ether oxygens (including phenoxy) is 1. The van der Waals surface area contributed by atoms with Gasteiger partial charge < -0.3 is 23.9 Å². The van der Waals surface area contributed by atoms with Gasteiger partial charge >= 0.3 is 0 Å². The van der Waals surface area contributed by atoms with Gasteiger partial charge in [0.2, 0.25) is 11.9 Å². The number of fused-ring (bicyclic) bond motifs is 1. The molecule has 4 heterocycles. The van der Waals surface area contributed by atoms with E-state index in [9.17, 15) is 14.4 Å². The van der Waals surface area contributed by atoms with Crippen LogP contribution in [0.1, 0.15) is 32.3 Å². The minimum absolute atomic E-state index is 0.0189. The number of Topliss-reactive ketones (excluding diaryl/α,β-unsaturated/α-hetero) is 1. The highest BCUT2D eigenvalue weighted by atomic mass is 32.1. The maximum absolute atomic E-state index is 13.3. The Bertz CT molecular complexity index is 1770. The van der Waals surface area contributed by atoms with E-state index in [0.29, 0.717) is 72.1 Å². The monoisotopic (exact) mass is 598 g/mol. The van der Waals surface area contributed by atoms with Crippen LogP contribution in [0.4, 0.5) is 11.6 Å². The van der Waals surface area contributed by atoms with Gasteiger partial charge in [-0.15, -0.1) is 11.3 Å². The molecule has 1 saturated heterocycles. The Morgan fingerprint density at radius 2 is 1.84 bits per heavy atom. The number of morpholine rings is 1. The van der Waals surface area contributed by atoms with Crippen molar-refractivity contribution in [1.82, 2.24) is 19.4 Å². The van der Waals surface area contributed by atoms with E-state index >= 15 is 0 Å². The number of hydrogen-bond donors (Lipinski definition) is 2. The van der Waals surface area contributed by atoms with Crippen molar-refractivity contribution in [2.75, 3.05) is 43.5 Å². The van der Waals surface area contributed by atoms with Crippen molar-refractivity contribution in [1.29, 1.82) is 0 Å². The molecule has 5 aromatic rings. The molecule has 0 atom stereocenters. The Hall–Kier alpha value is -4.81. The van der Waals surface area contributed by atoms with Crippen LogP contribution < -0.4 is 10.6 Å². The number of aryl methyl sites for hydroxylation is 2. The zero-order chi connectivity index (χ0) is 29.8. The first-order valence-electron chi connectivity index (χ1n) is 14.0. The van der Waals surface area contributed by atoms with E-state index in [2.05, 4.69) is 15.6 Å². The number of carbonyl (C=O) groups is 3. The highest BCUT2D eigenvalue weighted by Gasteiger charge is 2.21. The van der Waals surface area contributed by atoms with E-state index in [0.717, 1.165) is 10.4 Å². The second kappa shape index (κ2) is 12.6. The van der Waals surface area contributed by atoms with Crippen molar-refractivity contribution < 1.29 is 23.5 Å². The summed E-state index contributed by atoms with van der Waals surface area (Å²) in [5.74, 6) is 1.14. The summed E-state index contributed by atoms with van der Waals surface area (Å²) < 4.78 is 12.8. The van der Waals surface area contributed by atoms with Gasteiger partial charge in [-0.3, -0.25) is 19.7 Å². The molecule has 2 aromatic carbocycles. The van der Waals surface area contributed by atoms with Gasteiger partial charge in [-0.05, 0) is 30.3 Å². The molecule has 0 bridgehead atoms. The minimum atomic E-state index is -0.324. The molecule has 3 aromatic heterocycles. The Kier molecular flexibility index (Phi) is 8.29. The summed E-state index contributed by atoms with van der Waals surface area (Å²) in [6.45, 7) is 4.40. The van der Waals surface area contributed by atoms with Gasteiger partial charge in [0.05, 0.1) is 46.7 Å². The van der Waals surface area contributed by atoms with Crippen molar-refractivity contribution in [3.8, 4) is 10.6 Å². The van der Waals surface area contributed by atoms with Crippen LogP contribution in [-0.4, -0.2) is 69.9 Å². The van der Waals surface area contributed by atoms with Crippen molar-refractivity contribution in [3.05, 3.63) is 83.2 Å². The summed E-state index contributed by atoms with van der Waals surface area (Å²) in [7, 11) is 0. The lowest BCUT2D eigenvalue weighted by Crippen LogP contribution is -2.41. The Morgan fingerprint density at radius 3 is 2.60 bits per heavy atom. The summed E-state index contributed by atoms with van der Waals surface area (Å²) in [6, 6.07) is 18.2. The lowest BCUT2D eigenvalue weighted by atomic mass is 10.1. The average molecular weight is 599 g/mol. The molecule has 2 N–H and O–H groups in total. The molecule has 1 aliphatic rings. The number of hydrogen-bond acceptors (Lipinski definition) is 9.